The van der Waals surface area contributed by atoms with Gasteiger partial charge in [0.2, 0.25) is 17.8 Å². The van der Waals surface area contributed by atoms with Crippen LogP contribution < -0.4 is 16.0 Å². The molecule has 2 aliphatic rings. The second kappa shape index (κ2) is 5.40. The van der Waals surface area contributed by atoms with Crippen LogP contribution in [-0.4, -0.2) is 46.3 Å². The normalized spacial score (nSPS) is 20.1. The Labute approximate surface area is 118 Å². The third kappa shape index (κ3) is 2.92. The summed E-state index contributed by atoms with van der Waals surface area (Å²) in [6.07, 6.45) is 5.49. The SMILES string of the molecule is Nc1nc(NCC2(CCO)CC2)nc(N2CCCC2)n1. The Balaban J connectivity index is 1.66. The molecule has 0 amide bonds. The van der Waals surface area contributed by atoms with Crippen molar-refractivity contribution in [1.29, 1.82) is 0 Å². The molecule has 4 N–H and O–H groups in total. The summed E-state index contributed by atoms with van der Waals surface area (Å²) in [4.78, 5) is 15.0. The molecule has 2 heterocycles. The first-order chi connectivity index (χ1) is 9.71. The van der Waals surface area contributed by atoms with E-state index in [4.69, 9.17) is 10.8 Å². The summed E-state index contributed by atoms with van der Waals surface area (Å²) >= 11 is 0. The van der Waals surface area contributed by atoms with Crippen LogP contribution in [-0.2, 0) is 0 Å². The van der Waals surface area contributed by atoms with Crippen LogP contribution in [0.4, 0.5) is 17.8 Å². The highest BCUT2D eigenvalue weighted by molar-refractivity contribution is 5.42. The van der Waals surface area contributed by atoms with Gasteiger partial charge in [-0.25, -0.2) is 0 Å². The zero-order valence-corrected chi connectivity index (χ0v) is 11.7. The molecule has 1 aliphatic heterocycles. The molecule has 0 aromatic carbocycles. The molecule has 1 aliphatic carbocycles. The van der Waals surface area contributed by atoms with E-state index >= 15 is 0 Å². The van der Waals surface area contributed by atoms with E-state index in [9.17, 15) is 0 Å². The van der Waals surface area contributed by atoms with Crippen LogP contribution in [0.25, 0.3) is 0 Å². The van der Waals surface area contributed by atoms with E-state index in [0.29, 0.717) is 11.9 Å². The number of aliphatic hydroxyl groups is 1. The van der Waals surface area contributed by atoms with E-state index in [1.165, 1.54) is 12.8 Å². The molecule has 0 spiro atoms. The number of hydrogen-bond acceptors (Lipinski definition) is 7. The number of nitrogens with one attached hydrogen (secondary N) is 1. The fourth-order valence-corrected chi connectivity index (χ4v) is 2.71. The summed E-state index contributed by atoms with van der Waals surface area (Å²) in [6, 6.07) is 0. The molecule has 1 aromatic rings. The first kappa shape index (κ1) is 13.4. The Bertz CT molecular complexity index is 470. The Morgan fingerprint density at radius 3 is 2.60 bits per heavy atom. The van der Waals surface area contributed by atoms with Crippen molar-refractivity contribution in [3.8, 4) is 0 Å². The maximum atomic E-state index is 9.08. The minimum Gasteiger partial charge on any atom is -0.396 e. The van der Waals surface area contributed by atoms with E-state index in [0.717, 1.165) is 38.9 Å². The van der Waals surface area contributed by atoms with Gasteiger partial charge in [0.15, 0.2) is 0 Å². The van der Waals surface area contributed by atoms with Crippen molar-refractivity contribution in [3.63, 3.8) is 0 Å². The van der Waals surface area contributed by atoms with Crippen molar-refractivity contribution < 1.29 is 5.11 Å². The van der Waals surface area contributed by atoms with Crippen LogP contribution in [0.3, 0.4) is 0 Å². The number of aromatic nitrogens is 3. The third-order valence-electron chi connectivity index (χ3n) is 4.25. The highest BCUT2D eigenvalue weighted by Crippen LogP contribution is 2.48. The van der Waals surface area contributed by atoms with Crippen LogP contribution in [0.15, 0.2) is 0 Å². The van der Waals surface area contributed by atoms with Crippen LogP contribution in [0, 0.1) is 5.41 Å². The van der Waals surface area contributed by atoms with Gasteiger partial charge in [0, 0.05) is 26.2 Å². The average molecular weight is 278 g/mol. The molecular weight excluding hydrogens is 256 g/mol. The predicted molar refractivity (Wildman–Crippen MR) is 77.5 cm³/mol. The quantitative estimate of drug-likeness (QED) is 0.701. The second-order valence-corrected chi connectivity index (χ2v) is 5.84. The van der Waals surface area contributed by atoms with Gasteiger partial charge in [0.25, 0.3) is 0 Å². The summed E-state index contributed by atoms with van der Waals surface area (Å²) in [5, 5.41) is 12.3. The van der Waals surface area contributed by atoms with Crippen molar-refractivity contribution in [2.75, 3.05) is 42.2 Å². The fraction of sp³-hybridized carbons (Fsp3) is 0.769. The number of hydrogen-bond donors (Lipinski definition) is 3. The summed E-state index contributed by atoms with van der Waals surface area (Å²) in [6.45, 7) is 2.99. The Morgan fingerprint density at radius 2 is 1.95 bits per heavy atom. The van der Waals surface area contributed by atoms with Gasteiger partial charge >= 0.3 is 0 Å². The molecule has 0 radical (unpaired) electrons. The van der Waals surface area contributed by atoms with Gasteiger partial charge in [-0.05, 0) is 37.5 Å². The maximum absolute atomic E-state index is 9.08. The van der Waals surface area contributed by atoms with Crippen LogP contribution >= 0.6 is 0 Å². The van der Waals surface area contributed by atoms with E-state index < -0.39 is 0 Å². The molecule has 1 saturated heterocycles. The maximum Gasteiger partial charge on any atom is 0.231 e. The lowest BCUT2D eigenvalue weighted by Crippen LogP contribution is -2.23. The van der Waals surface area contributed by atoms with Crippen molar-refractivity contribution in [2.45, 2.75) is 32.1 Å². The van der Waals surface area contributed by atoms with Crippen molar-refractivity contribution in [1.82, 2.24) is 15.0 Å². The average Bonchev–Trinajstić information content (AvgIpc) is 2.99. The Hall–Kier alpha value is -1.63. The number of aliphatic hydroxyl groups excluding tert-OH is 1. The molecule has 110 valence electrons. The molecule has 1 aromatic heterocycles. The van der Waals surface area contributed by atoms with Gasteiger partial charge in [-0.2, -0.15) is 15.0 Å². The number of nitrogens with two attached hydrogens (primary N) is 1. The molecule has 1 saturated carbocycles. The van der Waals surface area contributed by atoms with E-state index in [1.807, 2.05) is 0 Å². The zero-order valence-electron chi connectivity index (χ0n) is 11.7. The van der Waals surface area contributed by atoms with Crippen LogP contribution in [0.2, 0.25) is 0 Å². The zero-order chi connectivity index (χ0) is 14.0. The van der Waals surface area contributed by atoms with Crippen LogP contribution in [0.1, 0.15) is 32.1 Å². The van der Waals surface area contributed by atoms with Gasteiger partial charge in [-0.15, -0.1) is 0 Å². The monoisotopic (exact) mass is 278 g/mol. The largest absolute Gasteiger partial charge is 0.396 e. The van der Waals surface area contributed by atoms with Crippen molar-refractivity contribution in [2.24, 2.45) is 5.41 Å². The van der Waals surface area contributed by atoms with Gasteiger partial charge < -0.3 is 21.1 Å². The molecule has 7 heteroatoms. The smallest absolute Gasteiger partial charge is 0.231 e. The molecule has 2 fully saturated rings. The molecule has 3 rings (SSSR count). The third-order valence-corrected chi connectivity index (χ3v) is 4.25. The molecular formula is C13H22N6O. The first-order valence-electron chi connectivity index (χ1n) is 7.32. The summed E-state index contributed by atoms with van der Waals surface area (Å²) in [7, 11) is 0. The van der Waals surface area contributed by atoms with E-state index in [-0.39, 0.29) is 18.0 Å². The summed E-state index contributed by atoms with van der Waals surface area (Å²) in [5.41, 5.74) is 6.00. The topological polar surface area (TPSA) is 100 Å². The Morgan fingerprint density at radius 1 is 1.20 bits per heavy atom. The molecule has 0 bridgehead atoms. The fourth-order valence-electron chi connectivity index (χ4n) is 2.71. The van der Waals surface area contributed by atoms with Gasteiger partial charge in [-0.3, -0.25) is 0 Å². The lowest BCUT2D eigenvalue weighted by molar-refractivity contribution is 0.253. The Kier molecular flexibility index (Phi) is 3.60. The number of nitrogens with zero attached hydrogens (tertiary/aromatic N) is 4. The van der Waals surface area contributed by atoms with E-state index in [2.05, 4.69) is 25.2 Å². The standard InChI is InChI=1S/C13H22N6O/c14-10-16-11(15-9-13(3-4-13)5-8-20)18-12(17-10)19-6-1-2-7-19/h20H,1-9H2,(H3,14,15,16,17,18). The summed E-state index contributed by atoms with van der Waals surface area (Å²) in [5.74, 6) is 1.48. The van der Waals surface area contributed by atoms with Crippen molar-refractivity contribution in [3.05, 3.63) is 0 Å². The van der Waals surface area contributed by atoms with Crippen molar-refractivity contribution >= 4 is 17.8 Å². The molecule has 0 atom stereocenters. The minimum absolute atomic E-state index is 0.226. The number of rotatable bonds is 6. The number of anilines is 3. The molecule has 20 heavy (non-hydrogen) atoms. The predicted octanol–water partition coefficient (Wildman–Crippen LogP) is 0.628. The molecule has 7 nitrogen and oxygen atoms in total. The lowest BCUT2D eigenvalue weighted by Gasteiger charge is -2.18. The highest BCUT2D eigenvalue weighted by Gasteiger charge is 2.41. The number of nitrogen functional groups attached to an aromatic ring is 1. The minimum atomic E-state index is 0.226. The molecule has 0 unspecified atom stereocenters. The second-order valence-electron chi connectivity index (χ2n) is 5.84. The summed E-state index contributed by atoms with van der Waals surface area (Å²) < 4.78 is 0. The highest BCUT2D eigenvalue weighted by atomic mass is 16.3. The van der Waals surface area contributed by atoms with Gasteiger partial charge in [0.05, 0.1) is 0 Å². The van der Waals surface area contributed by atoms with Gasteiger partial charge in [-0.1, -0.05) is 0 Å². The van der Waals surface area contributed by atoms with E-state index in [1.54, 1.807) is 0 Å². The van der Waals surface area contributed by atoms with Gasteiger partial charge in [0.1, 0.15) is 0 Å². The van der Waals surface area contributed by atoms with Crippen LogP contribution in [0.5, 0.6) is 0 Å². The lowest BCUT2D eigenvalue weighted by atomic mass is 10.0. The first-order valence-corrected chi connectivity index (χ1v) is 7.32.